The fraction of sp³-hybridized carbons (Fsp3) is 0.844. The van der Waals surface area contributed by atoms with Crippen molar-refractivity contribution in [2.24, 2.45) is 11.5 Å². The lowest BCUT2D eigenvalue weighted by molar-refractivity contribution is -0.122. The molecule has 2 aromatic rings. The zero-order chi connectivity index (χ0) is 95.7. The molecular formula is C90H166N4O39. The molecule has 2 amide bonds. The third kappa shape index (κ3) is 77.5. The minimum Gasteiger partial charge on any atom is -0.486 e. The van der Waals surface area contributed by atoms with Crippen LogP contribution < -0.4 is 45.8 Å². The van der Waals surface area contributed by atoms with Crippen LogP contribution >= 0.6 is 0 Å². The maximum absolute atomic E-state index is 15.3. The molecule has 43 nitrogen and oxygen atoms in total. The Morgan fingerprint density at radius 2 is 0.481 bits per heavy atom. The van der Waals surface area contributed by atoms with Crippen LogP contribution in [0.2, 0.25) is 0 Å². The van der Waals surface area contributed by atoms with Gasteiger partial charge in [-0.25, -0.2) is 0 Å². The highest BCUT2D eigenvalue weighted by Gasteiger charge is 2.27. The first-order valence-corrected chi connectivity index (χ1v) is 46.0. The summed E-state index contributed by atoms with van der Waals surface area (Å²) < 4.78 is 216. The molecule has 1 atom stereocenters. The molecule has 0 aromatic heterocycles. The number of hydrogen-bond donors (Lipinski definition) is 4. The number of methoxy groups -OCH3 is 8. The molecule has 0 aliphatic heterocycles. The van der Waals surface area contributed by atoms with Gasteiger partial charge in [0.05, 0.1) is 383 Å². The number of aryl methyl sites for hydroxylation is 1. The van der Waals surface area contributed by atoms with Crippen LogP contribution in [-0.2, 0) is 163 Å². The van der Waals surface area contributed by atoms with Gasteiger partial charge in [-0.05, 0) is 49.1 Å². The molecule has 0 aliphatic rings. The molecule has 0 aliphatic carbocycles. The summed E-state index contributed by atoms with van der Waals surface area (Å²) >= 11 is 0. The number of rotatable bonds is 108. The number of amides is 2. The van der Waals surface area contributed by atoms with E-state index < -0.39 is 42.3 Å². The average Bonchev–Trinajstić information content (AvgIpc) is 0.807. The van der Waals surface area contributed by atoms with E-state index in [1.54, 1.807) is 75.1 Å². The summed E-state index contributed by atoms with van der Waals surface area (Å²) in [5, 5.41) is 5.96. The average molecular weight is 1930 g/mol. The van der Waals surface area contributed by atoms with Crippen molar-refractivity contribution in [2.45, 2.75) is 49.7 Å². The van der Waals surface area contributed by atoms with Crippen LogP contribution in [0, 0.1) is 0 Å². The first-order chi connectivity index (χ1) is 65.6. The molecule has 2 aromatic carbocycles. The topological polar surface area (TPSA) is 452 Å². The molecule has 0 spiro atoms. The second kappa shape index (κ2) is 97.3. The monoisotopic (exact) mass is 1930 g/mol. The lowest BCUT2D eigenvalue weighted by atomic mass is 10.1. The zero-order valence-electron chi connectivity index (χ0n) is 80.9. The maximum atomic E-state index is 15.3. The van der Waals surface area contributed by atoms with Crippen molar-refractivity contribution in [3.63, 3.8) is 0 Å². The van der Waals surface area contributed by atoms with Gasteiger partial charge in [0.15, 0.2) is 11.5 Å². The van der Waals surface area contributed by atoms with Crippen molar-refractivity contribution in [1.82, 2.24) is 10.6 Å². The Balaban J connectivity index is 2.91. The van der Waals surface area contributed by atoms with Gasteiger partial charge in [0, 0.05) is 88.1 Å². The van der Waals surface area contributed by atoms with Crippen molar-refractivity contribution < 1.29 is 185 Å². The van der Waals surface area contributed by atoms with Crippen molar-refractivity contribution in [3.05, 3.63) is 41.5 Å². The second-order valence-electron chi connectivity index (χ2n) is 28.6. The Labute approximate surface area is 788 Å². The van der Waals surface area contributed by atoms with E-state index in [9.17, 15) is 4.79 Å². The molecular weight excluding hydrogens is 1760 g/mol. The molecule has 780 valence electrons. The van der Waals surface area contributed by atoms with Crippen LogP contribution in [0.25, 0.3) is 0 Å². The summed E-state index contributed by atoms with van der Waals surface area (Å²) in [7, 11) is 12.9. The highest BCUT2D eigenvalue weighted by molar-refractivity contribution is 5.95. The fourth-order valence-electron chi connectivity index (χ4n) is 10.8. The summed E-state index contributed by atoms with van der Waals surface area (Å²) in [6.07, 6.45) is -1.99. The smallest absolute Gasteiger partial charge is 0.251 e. The molecule has 2 rings (SSSR count). The summed E-state index contributed by atoms with van der Waals surface area (Å²) in [6, 6.07) is 7.78. The molecule has 0 saturated heterocycles. The van der Waals surface area contributed by atoms with Crippen LogP contribution in [-0.4, -0.2) is 495 Å². The highest BCUT2D eigenvalue weighted by Crippen LogP contribution is 2.41. The van der Waals surface area contributed by atoms with Gasteiger partial charge in [0.25, 0.3) is 5.91 Å². The SMILES string of the molecule is COCCOCCOCCOCC(COCCOCCOCCOC)Oc1cc(CCCNC(=O)c2cc(OC(COCCOCCOCCOC)COCCOCCOCCOC)c(OCCCNC(=O)C(N)CN)c(OC(COCCOCCOCCOC)COCCOCCOCCOC)c2)cc(OC(COCCOCCOCCOC)COCCOCCOCCOC)c1. The molecule has 0 radical (unpaired) electrons. The van der Waals surface area contributed by atoms with E-state index in [0.29, 0.717) is 262 Å². The van der Waals surface area contributed by atoms with E-state index in [1.165, 1.54) is 0 Å². The van der Waals surface area contributed by atoms with Gasteiger partial charge in [-0.1, -0.05) is 0 Å². The van der Waals surface area contributed by atoms with E-state index in [1.807, 2.05) is 12.1 Å². The molecule has 133 heavy (non-hydrogen) atoms. The molecule has 0 bridgehead atoms. The maximum Gasteiger partial charge on any atom is 0.251 e. The van der Waals surface area contributed by atoms with E-state index in [-0.39, 0.29) is 188 Å². The van der Waals surface area contributed by atoms with Crippen molar-refractivity contribution in [1.29, 1.82) is 0 Å². The van der Waals surface area contributed by atoms with Crippen molar-refractivity contribution in [2.75, 3.05) is 453 Å². The molecule has 0 fully saturated rings. The van der Waals surface area contributed by atoms with Gasteiger partial charge in [-0.2, -0.15) is 0 Å². The standard InChI is InChI=1S/C90H166N4O39/c1-97-15-23-105-31-39-113-47-55-121-69-81(70-122-56-48-114-40-32-106-24-16-98-2)130-79-63-77(64-80(67-79)131-82(71-123-57-49-115-41-33-107-25-17-99-3)72-124-58-50-116-42-34-108-26-18-100-4)11-9-12-93-89(95)78-65-86(132-83(73-125-59-51-117-43-35-109-27-19-101-5)74-126-60-52-118-44-36-110-28-20-102-6)88(129-14-10-13-94-90(96)85(92)68-91)87(66-78)133-84(75-127-61-53-119-45-37-111-29-21-103-7)76-128-62-54-120-46-38-112-30-22-104-8/h63-67,81-85H,9-62,68-76,91-92H2,1-8H3,(H,93,95)(H,94,96). The number of carbonyl (C=O) groups is 2. The van der Waals surface area contributed by atoms with Crippen LogP contribution in [0.15, 0.2) is 30.3 Å². The number of benzene rings is 2. The van der Waals surface area contributed by atoms with Crippen LogP contribution in [0.1, 0.15) is 28.8 Å². The van der Waals surface area contributed by atoms with Crippen LogP contribution in [0.5, 0.6) is 28.7 Å². The molecule has 6 N–H and O–H groups in total. The fourth-order valence-corrected chi connectivity index (χ4v) is 10.8. The quantitative estimate of drug-likeness (QED) is 0.0686. The third-order valence-electron chi connectivity index (χ3n) is 17.6. The van der Waals surface area contributed by atoms with Gasteiger partial charge in [0.1, 0.15) is 35.9 Å². The van der Waals surface area contributed by atoms with E-state index >= 15 is 4.79 Å². The molecule has 0 heterocycles. The van der Waals surface area contributed by atoms with Crippen LogP contribution in [0.4, 0.5) is 0 Å². The Morgan fingerprint density at radius 3 is 0.714 bits per heavy atom. The normalized spacial score (nSPS) is 12.0. The summed E-state index contributed by atoms with van der Waals surface area (Å²) in [5.41, 5.74) is 12.6. The van der Waals surface area contributed by atoms with Crippen LogP contribution in [0.3, 0.4) is 0 Å². The minimum atomic E-state index is -0.925. The first-order valence-electron chi connectivity index (χ1n) is 46.0. The summed E-state index contributed by atoms with van der Waals surface area (Å²) in [4.78, 5) is 28.1. The Hall–Kier alpha value is -4.98. The van der Waals surface area contributed by atoms with E-state index in [2.05, 4.69) is 10.6 Å². The highest BCUT2D eigenvalue weighted by atomic mass is 16.6. The first kappa shape index (κ1) is 124. The largest absolute Gasteiger partial charge is 0.486 e. The second-order valence-corrected chi connectivity index (χ2v) is 28.6. The minimum absolute atomic E-state index is 0.0106. The molecule has 0 saturated carbocycles. The molecule has 1 unspecified atom stereocenters. The Bertz CT molecular complexity index is 2570. The van der Waals surface area contributed by atoms with Gasteiger partial charge >= 0.3 is 0 Å². The predicted octanol–water partition coefficient (Wildman–Crippen LogP) is 1.78. The lowest BCUT2D eigenvalue weighted by Crippen LogP contribution is -2.45. The number of hydrogen-bond acceptors (Lipinski definition) is 41. The Morgan fingerprint density at radius 1 is 0.263 bits per heavy atom. The third-order valence-corrected chi connectivity index (χ3v) is 17.6. The number of ether oxygens (including phenoxy) is 37. The van der Waals surface area contributed by atoms with Crippen molar-refractivity contribution >= 4 is 11.8 Å². The van der Waals surface area contributed by atoms with Gasteiger partial charge in [-0.15, -0.1) is 0 Å². The van der Waals surface area contributed by atoms with Gasteiger partial charge in [0.2, 0.25) is 11.7 Å². The van der Waals surface area contributed by atoms with E-state index in [0.717, 1.165) is 5.56 Å². The summed E-state index contributed by atoms with van der Waals surface area (Å²) in [5.74, 6) is 0.135. The zero-order valence-corrected chi connectivity index (χ0v) is 80.9. The van der Waals surface area contributed by atoms with Crippen molar-refractivity contribution in [3.8, 4) is 28.7 Å². The number of nitrogens with two attached hydrogens (primary N) is 2. The predicted molar refractivity (Wildman–Crippen MR) is 486 cm³/mol. The summed E-state index contributed by atoms with van der Waals surface area (Å²) in [6.45, 7) is 17.2. The Kier molecular flexibility index (Phi) is 90.7. The molecule has 43 heteroatoms. The van der Waals surface area contributed by atoms with E-state index in [4.69, 9.17) is 187 Å². The number of nitrogens with one attached hydrogen (secondary N) is 2. The van der Waals surface area contributed by atoms with Gasteiger partial charge < -0.3 is 197 Å². The lowest BCUT2D eigenvalue weighted by Gasteiger charge is -2.25. The van der Waals surface area contributed by atoms with Gasteiger partial charge in [-0.3, -0.25) is 9.59 Å². The number of carbonyl (C=O) groups excluding carboxylic acids is 2.